The average Bonchev–Trinajstić information content (AvgIpc) is 3.07. The molecule has 1 amide bonds. The number of carboxylic acid groups (broad SMARTS) is 1. The van der Waals surface area contributed by atoms with E-state index in [-0.39, 0.29) is 18.0 Å². The Labute approximate surface area is 296 Å². The van der Waals surface area contributed by atoms with Crippen molar-refractivity contribution >= 4 is 17.8 Å². The Balaban J connectivity index is 4.34. The van der Waals surface area contributed by atoms with Crippen molar-refractivity contribution in [2.24, 2.45) is 5.73 Å². The van der Waals surface area contributed by atoms with Crippen LogP contribution in [0, 0.1) is 0 Å². The van der Waals surface area contributed by atoms with Gasteiger partial charge in [-0.15, -0.1) is 0 Å². The molecule has 2 atom stereocenters. The summed E-state index contributed by atoms with van der Waals surface area (Å²) in [5.74, 6) is -1.24. The van der Waals surface area contributed by atoms with Gasteiger partial charge in [0.25, 0.3) is 0 Å². The molecule has 2 unspecified atom stereocenters. The third kappa shape index (κ3) is 32.6. The SMILES string of the molecule is CCCCCCCC/C=C\CCCC(CCCCCCCC(=O)NC(CCCN)C(=O)O)OC(=O)CCCCCCCCCCCCC. The van der Waals surface area contributed by atoms with Crippen LogP contribution in [0.1, 0.15) is 213 Å². The molecule has 0 aliphatic rings. The molecule has 7 heteroatoms. The van der Waals surface area contributed by atoms with E-state index < -0.39 is 12.0 Å². The number of ether oxygens (including phenoxy) is 1. The molecule has 0 aliphatic heterocycles. The molecule has 0 radical (unpaired) electrons. The minimum absolute atomic E-state index is 0.00979. The summed E-state index contributed by atoms with van der Waals surface area (Å²) in [6, 6.07) is -0.855. The molecule has 0 bridgehead atoms. The van der Waals surface area contributed by atoms with Crippen molar-refractivity contribution in [1.29, 1.82) is 0 Å². The van der Waals surface area contributed by atoms with Crippen molar-refractivity contribution in [3.63, 3.8) is 0 Å². The maximum atomic E-state index is 12.7. The van der Waals surface area contributed by atoms with Crippen molar-refractivity contribution in [1.82, 2.24) is 5.32 Å². The fraction of sp³-hybridized carbons (Fsp3) is 0.878. The average molecular weight is 679 g/mol. The standard InChI is InChI=1S/C41H78N2O5/c1-3-5-7-9-11-13-15-17-19-22-26-31-37(48-40(45)35-29-25-20-18-16-14-12-10-8-6-4-2)32-27-23-21-24-28-34-39(44)43-38(41(46)47)33-30-36-42/h17,19,37-38H,3-16,18,20-36,42H2,1-2H3,(H,43,44)(H,46,47)/b19-17-. The number of carboxylic acids is 1. The predicted octanol–water partition coefficient (Wildman–Crippen LogP) is 11.1. The summed E-state index contributed by atoms with van der Waals surface area (Å²) in [6.45, 7) is 4.93. The summed E-state index contributed by atoms with van der Waals surface area (Å²) in [5.41, 5.74) is 5.47. The molecular formula is C41H78N2O5. The van der Waals surface area contributed by atoms with E-state index in [0.717, 1.165) is 70.6 Å². The number of carbonyl (C=O) groups excluding carboxylic acids is 2. The molecule has 4 N–H and O–H groups in total. The van der Waals surface area contributed by atoms with Crippen LogP contribution in [-0.2, 0) is 19.1 Å². The second kappa shape index (κ2) is 36.4. The maximum absolute atomic E-state index is 12.7. The monoisotopic (exact) mass is 679 g/mol. The summed E-state index contributed by atoms with van der Waals surface area (Å²) < 4.78 is 6.01. The van der Waals surface area contributed by atoms with E-state index in [9.17, 15) is 19.5 Å². The minimum atomic E-state index is -1.00. The zero-order chi connectivity index (χ0) is 35.3. The van der Waals surface area contributed by atoms with Gasteiger partial charge in [0.1, 0.15) is 12.1 Å². The molecule has 0 aromatic heterocycles. The summed E-state index contributed by atoms with van der Waals surface area (Å²) in [5, 5.41) is 11.9. The van der Waals surface area contributed by atoms with Gasteiger partial charge in [0.2, 0.25) is 5.91 Å². The molecule has 0 aromatic carbocycles. The highest BCUT2D eigenvalue weighted by atomic mass is 16.5. The van der Waals surface area contributed by atoms with E-state index in [2.05, 4.69) is 31.3 Å². The number of hydrogen-bond donors (Lipinski definition) is 3. The van der Waals surface area contributed by atoms with Crippen molar-refractivity contribution in [3.05, 3.63) is 12.2 Å². The van der Waals surface area contributed by atoms with Gasteiger partial charge in [0.05, 0.1) is 0 Å². The van der Waals surface area contributed by atoms with Gasteiger partial charge in [-0.3, -0.25) is 9.59 Å². The number of esters is 1. The van der Waals surface area contributed by atoms with Gasteiger partial charge in [-0.2, -0.15) is 0 Å². The van der Waals surface area contributed by atoms with Crippen LogP contribution in [-0.4, -0.2) is 41.6 Å². The van der Waals surface area contributed by atoms with E-state index in [1.165, 1.54) is 103 Å². The van der Waals surface area contributed by atoms with E-state index in [0.29, 0.717) is 32.2 Å². The second-order valence-corrected chi connectivity index (χ2v) is 14.1. The molecule has 0 saturated heterocycles. The normalized spacial score (nSPS) is 12.7. The minimum Gasteiger partial charge on any atom is -0.480 e. The highest BCUT2D eigenvalue weighted by Crippen LogP contribution is 2.18. The van der Waals surface area contributed by atoms with Crippen LogP contribution >= 0.6 is 0 Å². The molecule has 0 fully saturated rings. The Bertz CT molecular complexity index is 772. The molecule has 7 nitrogen and oxygen atoms in total. The van der Waals surface area contributed by atoms with Gasteiger partial charge in [0.15, 0.2) is 0 Å². The summed E-state index contributed by atoms with van der Waals surface area (Å²) in [4.78, 5) is 36.2. The second-order valence-electron chi connectivity index (χ2n) is 14.1. The van der Waals surface area contributed by atoms with Crippen LogP contribution in [0.15, 0.2) is 12.2 Å². The highest BCUT2D eigenvalue weighted by Gasteiger charge is 2.19. The lowest BCUT2D eigenvalue weighted by atomic mass is 10.0. The topological polar surface area (TPSA) is 119 Å². The number of rotatable bonds is 37. The number of allylic oxidation sites excluding steroid dienone is 2. The van der Waals surface area contributed by atoms with Crippen LogP contribution in [0.4, 0.5) is 0 Å². The quantitative estimate of drug-likeness (QED) is 0.0342. The Morgan fingerprint density at radius 3 is 1.58 bits per heavy atom. The van der Waals surface area contributed by atoms with Crippen molar-refractivity contribution in [3.8, 4) is 0 Å². The zero-order valence-electron chi connectivity index (χ0n) is 31.6. The van der Waals surface area contributed by atoms with Gasteiger partial charge in [-0.05, 0) is 77.2 Å². The number of nitrogens with two attached hydrogens (primary N) is 1. The van der Waals surface area contributed by atoms with Crippen LogP contribution in [0.2, 0.25) is 0 Å². The Morgan fingerprint density at radius 1 is 0.583 bits per heavy atom. The fourth-order valence-corrected chi connectivity index (χ4v) is 6.22. The van der Waals surface area contributed by atoms with E-state index in [1.54, 1.807) is 0 Å². The Morgan fingerprint density at radius 2 is 1.04 bits per heavy atom. The van der Waals surface area contributed by atoms with Crippen molar-refractivity contribution < 1.29 is 24.2 Å². The number of amides is 1. The van der Waals surface area contributed by atoms with Crippen LogP contribution in [0.25, 0.3) is 0 Å². The third-order valence-corrected chi connectivity index (χ3v) is 9.33. The Kier molecular flexibility index (Phi) is 35.0. The molecule has 0 aliphatic carbocycles. The smallest absolute Gasteiger partial charge is 0.326 e. The summed E-state index contributed by atoms with van der Waals surface area (Å²) in [7, 11) is 0. The molecule has 0 heterocycles. The number of nitrogens with one attached hydrogen (secondary N) is 1. The van der Waals surface area contributed by atoms with E-state index in [1.807, 2.05) is 0 Å². The molecule has 0 saturated carbocycles. The largest absolute Gasteiger partial charge is 0.480 e. The molecular weight excluding hydrogens is 600 g/mol. The first-order valence-corrected chi connectivity index (χ1v) is 20.5. The lowest BCUT2D eigenvalue weighted by molar-refractivity contribution is -0.150. The first-order valence-electron chi connectivity index (χ1n) is 20.5. The van der Waals surface area contributed by atoms with E-state index >= 15 is 0 Å². The van der Waals surface area contributed by atoms with Gasteiger partial charge in [-0.1, -0.05) is 142 Å². The maximum Gasteiger partial charge on any atom is 0.326 e. The van der Waals surface area contributed by atoms with Crippen molar-refractivity contribution in [2.45, 2.75) is 225 Å². The zero-order valence-corrected chi connectivity index (χ0v) is 31.6. The number of hydrogen-bond acceptors (Lipinski definition) is 5. The molecule has 0 rings (SSSR count). The predicted molar refractivity (Wildman–Crippen MR) is 202 cm³/mol. The van der Waals surface area contributed by atoms with Crippen LogP contribution in [0.5, 0.6) is 0 Å². The molecule has 0 spiro atoms. The fourth-order valence-electron chi connectivity index (χ4n) is 6.22. The highest BCUT2D eigenvalue weighted by molar-refractivity contribution is 5.83. The van der Waals surface area contributed by atoms with E-state index in [4.69, 9.17) is 10.5 Å². The van der Waals surface area contributed by atoms with Crippen LogP contribution in [0.3, 0.4) is 0 Å². The molecule has 0 aromatic rings. The van der Waals surface area contributed by atoms with Crippen LogP contribution < -0.4 is 11.1 Å². The molecule has 282 valence electrons. The number of unbranched alkanes of at least 4 members (excludes halogenated alkanes) is 21. The third-order valence-electron chi connectivity index (χ3n) is 9.33. The van der Waals surface area contributed by atoms with Gasteiger partial charge < -0.3 is 20.9 Å². The first kappa shape index (κ1) is 46.1. The number of aliphatic carboxylic acids is 1. The first-order chi connectivity index (χ1) is 23.4. The number of carbonyl (C=O) groups is 3. The van der Waals surface area contributed by atoms with Gasteiger partial charge >= 0.3 is 11.9 Å². The summed E-state index contributed by atoms with van der Waals surface area (Å²) in [6.07, 6.45) is 38.2. The Hall–Kier alpha value is -1.89. The lowest BCUT2D eigenvalue weighted by Gasteiger charge is -2.18. The molecule has 48 heavy (non-hydrogen) atoms. The summed E-state index contributed by atoms with van der Waals surface area (Å²) >= 11 is 0. The lowest BCUT2D eigenvalue weighted by Crippen LogP contribution is -2.40. The van der Waals surface area contributed by atoms with Crippen molar-refractivity contribution in [2.75, 3.05) is 6.54 Å². The van der Waals surface area contributed by atoms with Gasteiger partial charge in [-0.25, -0.2) is 4.79 Å². The van der Waals surface area contributed by atoms with Gasteiger partial charge in [0, 0.05) is 12.8 Å².